The normalized spacial score (nSPS) is 15.5. The summed E-state index contributed by atoms with van der Waals surface area (Å²) >= 11 is 0. The topological polar surface area (TPSA) is 157 Å². The first kappa shape index (κ1) is 14.2. The lowest BCUT2D eigenvalue weighted by Gasteiger charge is -2.12. The summed E-state index contributed by atoms with van der Waals surface area (Å²) < 4.78 is 24.2. The number of hydrogen-bond acceptors (Lipinski definition) is 4. The summed E-state index contributed by atoms with van der Waals surface area (Å²) in [6, 6.07) is 0. The maximum Gasteiger partial charge on any atom is 0.469 e. The molecule has 0 amide bonds. The smallest absolute Gasteiger partial charge is 0.389 e. The average Bonchev–Trinajstić information content (AvgIpc) is 1.94. The molecule has 0 fully saturated rings. The van der Waals surface area contributed by atoms with E-state index in [4.69, 9.17) is 24.7 Å². The van der Waals surface area contributed by atoms with Crippen LogP contribution < -0.4 is 5.09 Å². The highest BCUT2D eigenvalue weighted by atomic mass is 31.2. The summed E-state index contributed by atoms with van der Waals surface area (Å²) in [6.45, 7) is -1.26. The van der Waals surface area contributed by atoms with Crippen LogP contribution in [0.4, 0.5) is 0 Å². The first-order chi connectivity index (χ1) is 6.10. The molecule has 11 heteroatoms. The molecular formula is C3H11NO8P2. The van der Waals surface area contributed by atoms with E-state index in [0.29, 0.717) is 0 Å². The van der Waals surface area contributed by atoms with Gasteiger partial charge in [-0.3, -0.25) is 4.52 Å². The third-order valence-electron chi connectivity index (χ3n) is 0.968. The Balaban J connectivity index is 3.73. The molecule has 0 aromatic carbocycles. The van der Waals surface area contributed by atoms with Gasteiger partial charge in [0.2, 0.25) is 0 Å². The number of phosphoric acid groups is 1. The highest BCUT2D eigenvalue weighted by Crippen LogP contribution is 2.35. The fraction of sp³-hybridized carbons (Fsp3) is 1.00. The van der Waals surface area contributed by atoms with Crippen molar-refractivity contribution in [1.29, 1.82) is 0 Å². The second-order valence-corrected chi connectivity index (χ2v) is 4.99. The fourth-order valence-electron chi connectivity index (χ4n) is 0.466. The van der Waals surface area contributed by atoms with Crippen LogP contribution in [0.5, 0.6) is 0 Å². The average molecular weight is 251 g/mol. The molecule has 0 saturated carbocycles. The predicted molar refractivity (Wildman–Crippen MR) is 44.0 cm³/mol. The molecule has 14 heavy (non-hydrogen) atoms. The van der Waals surface area contributed by atoms with E-state index >= 15 is 0 Å². The zero-order valence-electron chi connectivity index (χ0n) is 6.85. The van der Waals surface area contributed by atoms with Gasteiger partial charge in [0.1, 0.15) is 0 Å². The van der Waals surface area contributed by atoms with Gasteiger partial charge in [-0.05, 0) is 0 Å². The van der Waals surface area contributed by atoms with Crippen LogP contribution in [0.2, 0.25) is 0 Å². The van der Waals surface area contributed by atoms with Crippen LogP contribution in [0.15, 0.2) is 0 Å². The lowest BCUT2D eigenvalue weighted by Crippen LogP contribution is -2.28. The Kier molecular flexibility index (Phi) is 5.38. The van der Waals surface area contributed by atoms with Crippen LogP contribution in [-0.2, 0) is 13.7 Å². The Labute approximate surface area is 79.2 Å². The van der Waals surface area contributed by atoms with Gasteiger partial charge in [-0.2, -0.15) is 0 Å². The van der Waals surface area contributed by atoms with Gasteiger partial charge in [0.15, 0.2) is 0 Å². The van der Waals surface area contributed by atoms with Crippen LogP contribution in [0.1, 0.15) is 0 Å². The molecule has 0 heterocycles. The number of nitrogens with one attached hydrogen (secondary N) is 1. The number of rotatable bonds is 6. The first-order valence-corrected chi connectivity index (χ1v) is 6.43. The van der Waals surface area contributed by atoms with E-state index in [-0.39, 0.29) is 0 Å². The van der Waals surface area contributed by atoms with Crippen LogP contribution >= 0.6 is 15.6 Å². The van der Waals surface area contributed by atoms with Crippen molar-refractivity contribution in [3.8, 4) is 0 Å². The van der Waals surface area contributed by atoms with Crippen molar-refractivity contribution in [2.75, 3.05) is 13.2 Å². The summed E-state index contributed by atoms with van der Waals surface area (Å²) in [6.07, 6.45) is -1.42. The van der Waals surface area contributed by atoms with Gasteiger partial charge in [-0.15, -0.1) is 0 Å². The van der Waals surface area contributed by atoms with Crippen LogP contribution in [-0.4, -0.2) is 43.9 Å². The standard InChI is InChI=1S/C3H11NO8P2/c5-3(1-4-13(6,7)8)2-12-14(9,10)11/h3,5H,1-2H2,(H2,9,10,11)(H3,4,6,7,8). The molecule has 0 saturated heterocycles. The summed E-state index contributed by atoms with van der Waals surface area (Å²) in [5.74, 6) is 0. The fourth-order valence-corrected chi connectivity index (χ4v) is 1.28. The molecule has 86 valence electrons. The third-order valence-corrected chi connectivity index (χ3v) is 2.05. The number of hydrogen-bond donors (Lipinski definition) is 6. The zero-order valence-corrected chi connectivity index (χ0v) is 8.64. The summed E-state index contributed by atoms with van der Waals surface area (Å²) in [5, 5.41) is 10.5. The minimum absolute atomic E-state index is 0.537. The molecule has 0 aromatic heterocycles. The molecule has 0 radical (unpaired) electrons. The second kappa shape index (κ2) is 5.32. The summed E-state index contributed by atoms with van der Waals surface area (Å²) in [5.41, 5.74) is 0. The van der Waals surface area contributed by atoms with Crippen molar-refractivity contribution in [3.63, 3.8) is 0 Å². The Morgan fingerprint density at radius 3 is 2.07 bits per heavy atom. The van der Waals surface area contributed by atoms with Gasteiger partial charge in [0, 0.05) is 6.54 Å². The van der Waals surface area contributed by atoms with E-state index in [9.17, 15) is 9.13 Å². The highest BCUT2D eigenvalue weighted by Gasteiger charge is 2.19. The monoisotopic (exact) mass is 251 g/mol. The highest BCUT2D eigenvalue weighted by molar-refractivity contribution is 7.49. The van der Waals surface area contributed by atoms with Gasteiger partial charge < -0.3 is 24.7 Å². The minimum atomic E-state index is -4.67. The number of phosphoric ester groups is 1. The Bertz CT molecular complexity index is 229. The summed E-state index contributed by atoms with van der Waals surface area (Å²) in [4.78, 5) is 33.0. The van der Waals surface area contributed by atoms with E-state index in [0.717, 1.165) is 0 Å². The molecule has 1 unspecified atom stereocenters. The van der Waals surface area contributed by atoms with Crippen LogP contribution in [0.3, 0.4) is 0 Å². The maximum atomic E-state index is 10.2. The van der Waals surface area contributed by atoms with E-state index in [1.807, 2.05) is 0 Å². The SMILES string of the molecule is O=P(O)(O)NCC(O)COP(=O)(O)O. The van der Waals surface area contributed by atoms with Crippen molar-refractivity contribution < 1.29 is 38.3 Å². The number of aliphatic hydroxyl groups is 1. The van der Waals surface area contributed by atoms with E-state index < -0.39 is 34.8 Å². The van der Waals surface area contributed by atoms with Crippen molar-refractivity contribution in [3.05, 3.63) is 0 Å². The first-order valence-electron chi connectivity index (χ1n) is 3.29. The molecule has 0 aliphatic heterocycles. The molecule has 0 rings (SSSR count). The molecule has 0 aliphatic carbocycles. The minimum Gasteiger partial charge on any atom is -0.389 e. The molecule has 0 spiro atoms. The van der Waals surface area contributed by atoms with Gasteiger partial charge in [-0.25, -0.2) is 14.2 Å². The Morgan fingerprint density at radius 2 is 1.71 bits per heavy atom. The third kappa shape index (κ3) is 10.3. The second-order valence-electron chi connectivity index (χ2n) is 2.35. The van der Waals surface area contributed by atoms with Gasteiger partial charge in [-0.1, -0.05) is 0 Å². The molecule has 1 atom stereocenters. The quantitative estimate of drug-likeness (QED) is 0.298. The molecule has 0 aliphatic rings. The predicted octanol–water partition coefficient (Wildman–Crippen LogP) is -1.86. The lowest BCUT2D eigenvalue weighted by atomic mass is 10.4. The summed E-state index contributed by atoms with van der Waals surface area (Å²) in [7, 11) is -9.11. The Hall–Kier alpha value is 0.180. The number of aliphatic hydroxyl groups excluding tert-OH is 1. The van der Waals surface area contributed by atoms with E-state index in [1.54, 1.807) is 5.09 Å². The van der Waals surface area contributed by atoms with Gasteiger partial charge >= 0.3 is 15.6 Å². The molecular weight excluding hydrogens is 240 g/mol. The van der Waals surface area contributed by atoms with Crippen LogP contribution in [0, 0.1) is 0 Å². The molecule has 0 bridgehead atoms. The Morgan fingerprint density at radius 1 is 1.21 bits per heavy atom. The van der Waals surface area contributed by atoms with Crippen molar-refractivity contribution in [2.45, 2.75) is 6.10 Å². The molecule has 9 nitrogen and oxygen atoms in total. The van der Waals surface area contributed by atoms with Crippen molar-refractivity contribution in [2.24, 2.45) is 0 Å². The molecule has 0 aromatic rings. The molecule has 6 N–H and O–H groups in total. The maximum absolute atomic E-state index is 10.2. The zero-order chi connectivity index (χ0) is 11.4. The van der Waals surface area contributed by atoms with Gasteiger partial charge in [0.25, 0.3) is 0 Å². The largest absolute Gasteiger partial charge is 0.469 e. The van der Waals surface area contributed by atoms with E-state index in [2.05, 4.69) is 4.52 Å². The van der Waals surface area contributed by atoms with Crippen molar-refractivity contribution >= 4 is 15.6 Å². The van der Waals surface area contributed by atoms with E-state index in [1.165, 1.54) is 0 Å². The lowest BCUT2D eigenvalue weighted by molar-refractivity contribution is 0.0869. The van der Waals surface area contributed by atoms with Crippen molar-refractivity contribution in [1.82, 2.24) is 5.09 Å². The van der Waals surface area contributed by atoms with Gasteiger partial charge in [0.05, 0.1) is 12.7 Å². The van der Waals surface area contributed by atoms with Crippen LogP contribution in [0.25, 0.3) is 0 Å².